The van der Waals surface area contributed by atoms with Crippen LogP contribution in [0.5, 0.6) is 0 Å². The normalized spacial score (nSPS) is 12.4. The van der Waals surface area contributed by atoms with Crippen molar-refractivity contribution in [2.45, 2.75) is 12.5 Å². The van der Waals surface area contributed by atoms with Crippen LogP contribution in [0, 0.1) is 11.6 Å². The molecule has 0 fully saturated rings. The summed E-state index contributed by atoms with van der Waals surface area (Å²) in [6.45, 7) is 0. The Morgan fingerprint density at radius 1 is 1.16 bits per heavy atom. The van der Waals surface area contributed by atoms with E-state index >= 15 is 0 Å². The molecule has 1 N–H and O–H groups in total. The summed E-state index contributed by atoms with van der Waals surface area (Å²) in [5, 5.41) is 3.69. The smallest absolute Gasteiger partial charge is 0.126 e. The van der Waals surface area contributed by atoms with Crippen LogP contribution >= 0.6 is 11.6 Å². The number of rotatable bonds is 4. The van der Waals surface area contributed by atoms with Gasteiger partial charge in [0.2, 0.25) is 0 Å². The molecule has 0 aromatic heterocycles. The third-order valence-corrected chi connectivity index (χ3v) is 3.41. The van der Waals surface area contributed by atoms with E-state index < -0.39 is 11.6 Å². The molecule has 100 valence electrons. The van der Waals surface area contributed by atoms with Crippen LogP contribution in [0.2, 0.25) is 5.02 Å². The zero-order valence-corrected chi connectivity index (χ0v) is 11.2. The van der Waals surface area contributed by atoms with Crippen LogP contribution in [0.25, 0.3) is 0 Å². The zero-order valence-electron chi connectivity index (χ0n) is 10.5. The third kappa shape index (κ3) is 3.31. The topological polar surface area (TPSA) is 12.0 Å². The maximum Gasteiger partial charge on any atom is 0.126 e. The van der Waals surface area contributed by atoms with Crippen molar-refractivity contribution >= 4 is 11.6 Å². The van der Waals surface area contributed by atoms with E-state index in [1.54, 1.807) is 13.1 Å². The van der Waals surface area contributed by atoms with Crippen molar-refractivity contribution in [3.8, 4) is 0 Å². The van der Waals surface area contributed by atoms with Crippen molar-refractivity contribution in [1.82, 2.24) is 5.32 Å². The second-order valence-corrected chi connectivity index (χ2v) is 4.71. The monoisotopic (exact) mass is 281 g/mol. The molecule has 0 bridgehead atoms. The molecule has 0 spiro atoms. The highest BCUT2D eigenvalue weighted by Crippen LogP contribution is 2.26. The maximum atomic E-state index is 13.7. The Kier molecular flexibility index (Phi) is 4.51. The molecule has 1 nitrogen and oxygen atoms in total. The highest BCUT2D eigenvalue weighted by molar-refractivity contribution is 6.31. The molecule has 1 unspecified atom stereocenters. The lowest BCUT2D eigenvalue weighted by Gasteiger charge is -2.18. The SMILES string of the molecule is CNC(Cc1cc(F)ccc1F)c1ccccc1Cl. The molecule has 0 saturated carbocycles. The van der Waals surface area contributed by atoms with E-state index in [0.29, 0.717) is 17.0 Å². The van der Waals surface area contributed by atoms with Gasteiger partial charge in [0, 0.05) is 11.1 Å². The van der Waals surface area contributed by atoms with Gasteiger partial charge in [-0.05, 0) is 48.9 Å². The standard InChI is InChI=1S/C15H14ClF2N/c1-19-15(12-4-2-3-5-13(12)16)9-10-8-11(17)6-7-14(10)18/h2-8,15,19H,9H2,1H3. The van der Waals surface area contributed by atoms with E-state index in [9.17, 15) is 8.78 Å². The Morgan fingerprint density at radius 2 is 1.89 bits per heavy atom. The van der Waals surface area contributed by atoms with Crippen LogP contribution in [0.15, 0.2) is 42.5 Å². The largest absolute Gasteiger partial charge is 0.313 e. The molecular weight excluding hydrogens is 268 g/mol. The fourth-order valence-corrected chi connectivity index (χ4v) is 2.31. The van der Waals surface area contributed by atoms with Crippen LogP contribution in [0.3, 0.4) is 0 Å². The summed E-state index contributed by atoms with van der Waals surface area (Å²) in [6.07, 6.45) is 0.337. The lowest BCUT2D eigenvalue weighted by molar-refractivity contribution is 0.544. The number of halogens is 3. The molecule has 0 aliphatic carbocycles. The van der Waals surface area contributed by atoms with Gasteiger partial charge in [0.05, 0.1) is 0 Å². The average Bonchev–Trinajstić information content (AvgIpc) is 2.41. The lowest BCUT2D eigenvalue weighted by atomic mass is 9.98. The zero-order chi connectivity index (χ0) is 13.8. The van der Waals surface area contributed by atoms with Crippen molar-refractivity contribution in [3.63, 3.8) is 0 Å². The molecular formula is C15H14ClF2N. The maximum absolute atomic E-state index is 13.7. The molecule has 1 atom stereocenters. The Bertz CT molecular complexity index is 572. The van der Waals surface area contributed by atoms with E-state index in [4.69, 9.17) is 11.6 Å². The average molecular weight is 282 g/mol. The quantitative estimate of drug-likeness (QED) is 0.889. The highest BCUT2D eigenvalue weighted by atomic mass is 35.5. The second-order valence-electron chi connectivity index (χ2n) is 4.30. The molecule has 19 heavy (non-hydrogen) atoms. The summed E-state index contributed by atoms with van der Waals surface area (Å²) in [6, 6.07) is 10.7. The minimum absolute atomic E-state index is 0.162. The van der Waals surface area contributed by atoms with Gasteiger partial charge in [0.1, 0.15) is 11.6 Å². The van der Waals surface area contributed by atoms with E-state index in [0.717, 1.165) is 17.7 Å². The van der Waals surface area contributed by atoms with Crippen LogP contribution in [-0.4, -0.2) is 7.05 Å². The van der Waals surface area contributed by atoms with Crippen LogP contribution in [0.4, 0.5) is 8.78 Å². The first-order valence-electron chi connectivity index (χ1n) is 5.97. The van der Waals surface area contributed by atoms with E-state index in [-0.39, 0.29) is 6.04 Å². The van der Waals surface area contributed by atoms with Gasteiger partial charge in [-0.25, -0.2) is 8.78 Å². The number of benzene rings is 2. The fourth-order valence-electron chi connectivity index (χ4n) is 2.04. The number of hydrogen-bond acceptors (Lipinski definition) is 1. The molecule has 0 radical (unpaired) electrons. The molecule has 2 aromatic rings. The third-order valence-electron chi connectivity index (χ3n) is 3.06. The van der Waals surface area contributed by atoms with Gasteiger partial charge >= 0.3 is 0 Å². The summed E-state index contributed by atoms with van der Waals surface area (Å²) >= 11 is 6.13. The van der Waals surface area contributed by atoms with Gasteiger partial charge in [-0.3, -0.25) is 0 Å². The number of hydrogen-bond donors (Lipinski definition) is 1. The minimum atomic E-state index is -0.439. The number of nitrogens with one attached hydrogen (secondary N) is 1. The van der Waals surface area contributed by atoms with Crippen LogP contribution in [0.1, 0.15) is 17.2 Å². The van der Waals surface area contributed by atoms with Gasteiger partial charge in [-0.1, -0.05) is 29.8 Å². The van der Waals surface area contributed by atoms with Crippen molar-refractivity contribution in [2.24, 2.45) is 0 Å². The summed E-state index contributed by atoms with van der Waals surface area (Å²) in [5.74, 6) is -0.848. The van der Waals surface area contributed by atoms with E-state index in [1.807, 2.05) is 18.2 Å². The van der Waals surface area contributed by atoms with E-state index in [2.05, 4.69) is 5.32 Å². The molecule has 4 heteroatoms. The first-order chi connectivity index (χ1) is 9.11. The van der Waals surface area contributed by atoms with Gasteiger partial charge in [-0.15, -0.1) is 0 Å². The van der Waals surface area contributed by atoms with Crippen molar-refractivity contribution in [2.75, 3.05) is 7.05 Å². The van der Waals surface area contributed by atoms with Gasteiger partial charge in [-0.2, -0.15) is 0 Å². The molecule has 2 aromatic carbocycles. The predicted octanol–water partition coefficient (Wildman–Crippen LogP) is 4.12. The Morgan fingerprint density at radius 3 is 2.58 bits per heavy atom. The Balaban J connectivity index is 2.29. The molecule has 0 amide bonds. The molecule has 0 heterocycles. The van der Waals surface area contributed by atoms with E-state index in [1.165, 1.54) is 6.07 Å². The van der Waals surface area contributed by atoms with Gasteiger partial charge in [0.25, 0.3) is 0 Å². The van der Waals surface area contributed by atoms with Gasteiger partial charge < -0.3 is 5.32 Å². The van der Waals surface area contributed by atoms with Crippen molar-refractivity contribution in [1.29, 1.82) is 0 Å². The summed E-state index contributed by atoms with van der Waals surface area (Å²) in [4.78, 5) is 0. The summed E-state index contributed by atoms with van der Waals surface area (Å²) in [5.41, 5.74) is 1.20. The number of likely N-dealkylation sites (N-methyl/N-ethyl adjacent to an activating group) is 1. The van der Waals surface area contributed by atoms with Crippen LogP contribution in [-0.2, 0) is 6.42 Å². The molecule has 0 aliphatic heterocycles. The molecule has 2 rings (SSSR count). The first-order valence-corrected chi connectivity index (χ1v) is 6.35. The second kappa shape index (κ2) is 6.13. The Hall–Kier alpha value is -1.45. The summed E-state index contributed by atoms with van der Waals surface area (Å²) in [7, 11) is 1.77. The predicted molar refractivity (Wildman–Crippen MR) is 73.3 cm³/mol. The molecule has 0 saturated heterocycles. The van der Waals surface area contributed by atoms with Gasteiger partial charge in [0.15, 0.2) is 0 Å². The van der Waals surface area contributed by atoms with Crippen molar-refractivity contribution < 1.29 is 8.78 Å². The molecule has 0 aliphatic rings. The first kappa shape index (κ1) is 14.0. The Labute approximate surface area is 116 Å². The minimum Gasteiger partial charge on any atom is -0.313 e. The highest BCUT2D eigenvalue weighted by Gasteiger charge is 2.15. The fraction of sp³-hybridized carbons (Fsp3) is 0.200. The van der Waals surface area contributed by atoms with Crippen molar-refractivity contribution in [3.05, 3.63) is 70.2 Å². The lowest BCUT2D eigenvalue weighted by Crippen LogP contribution is -2.19. The van der Waals surface area contributed by atoms with Crippen LogP contribution < -0.4 is 5.32 Å². The summed E-state index contributed by atoms with van der Waals surface area (Å²) < 4.78 is 26.8.